The molecule has 1 amide bonds. The van der Waals surface area contributed by atoms with Crippen LogP contribution in [-0.2, 0) is 4.79 Å². The molecule has 0 saturated carbocycles. The average molecular weight is 236 g/mol. The Morgan fingerprint density at radius 1 is 1.29 bits per heavy atom. The fourth-order valence-corrected chi connectivity index (χ4v) is 1.37. The van der Waals surface area contributed by atoms with E-state index in [2.05, 4.69) is 10.6 Å². The molecule has 94 valence electrons. The molecule has 0 radical (unpaired) electrons. The number of aliphatic hydroxyl groups excluding tert-OH is 1. The van der Waals surface area contributed by atoms with E-state index < -0.39 is 0 Å². The van der Waals surface area contributed by atoms with E-state index >= 15 is 0 Å². The molecule has 0 spiro atoms. The topological polar surface area (TPSA) is 61.4 Å². The smallest absolute Gasteiger partial charge is 0.241 e. The van der Waals surface area contributed by atoms with Crippen LogP contribution in [0.2, 0.25) is 0 Å². The molecule has 1 aromatic rings. The number of carbonyl (C=O) groups excluding carboxylic acids is 1. The SMILES string of the molecule is CC(O)CCNC(C)C(=O)Nc1ccccc1. The molecule has 1 rings (SSSR count). The van der Waals surface area contributed by atoms with E-state index in [-0.39, 0.29) is 18.1 Å². The Balaban J connectivity index is 2.32. The Morgan fingerprint density at radius 3 is 2.53 bits per heavy atom. The Morgan fingerprint density at radius 2 is 1.94 bits per heavy atom. The summed E-state index contributed by atoms with van der Waals surface area (Å²) in [7, 11) is 0. The zero-order valence-corrected chi connectivity index (χ0v) is 10.3. The van der Waals surface area contributed by atoms with Gasteiger partial charge in [0.05, 0.1) is 12.1 Å². The number of aliphatic hydroxyl groups is 1. The monoisotopic (exact) mass is 236 g/mol. The fourth-order valence-electron chi connectivity index (χ4n) is 1.37. The highest BCUT2D eigenvalue weighted by atomic mass is 16.3. The first-order valence-corrected chi connectivity index (χ1v) is 5.87. The van der Waals surface area contributed by atoms with Crippen molar-refractivity contribution in [3.05, 3.63) is 30.3 Å². The zero-order chi connectivity index (χ0) is 12.7. The number of amides is 1. The maximum absolute atomic E-state index is 11.8. The van der Waals surface area contributed by atoms with Crippen LogP contribution in [0.15, 0.2) is 30.3 Å². The molecule has 0 bridgehead atoms. The minimum absolute atomic E-state index is 0.0678. The molecule has 0 aliphatic carbocycles. The van der Waals surface area contributed by atoms with Gasteiger partial charge in [0.1, 0.15) is 0 Å². The molecule has 3 N–H and O–H groups in total. The number of hydrogen-bond acceptors (Lipinski definition) is 3. The van der Waals surface area contributed by atoms with Gasteiger partial charge >= 0.3 is 0 Å². The molecule has 0 heterocycles. The second-order valence-electron chi connectivity index (χ2n) is 4.17. The van der Waals surface area contributed by atoms with Crippen LogP contribution in [0.25, 0.3) is 0 Å². The Bertz CT molecular complexity index is 339. The summed E-state index contributed by atoms with van der Waals surface area (Å²) < 4.78 is 0. The molecule has 0 fully saturated rings. The van der Waals surface area contributed by atoms with Crippen LogP contribution in [0.1, 0.15) is 20.3 Å². The van der Waals surface area contributed by atoms with Crippen molar-refractivity contribution in [3.8, 4) is 0 Å². The Kier molecular flexibility index (Phi) is 5.66. The molecule has 0 aliphatic rings. The first kappa shape index (κ1) is 13.7. The first-order valence-electron chi connectivity index (χ1n) is 5.87. The molecule has 2 atom stereocenters. The summed E-state index contributed by atoms with van der Waals surface area (Å²) in [6.45, 7) is 4.16. The van der Waals surface area contributed by atoms with Crippen LogP contribution in [0, 0.1) is 0 Å². The number of carbonyl (C=O) groups is 1. The van der Waals surface area contributed by atoms with Gasteiger partial charge in [-0.3, -0.25) is 4.79 Å². The Labute approximate surface area is 102 Å². The van der Waals surface area contributed by atoms with Crippen molar-refractivity contribution >= 4 is 11.6 Å². The average Bonchev–Trinajstić information content (AvgIpc) is 2.29. The van der Waals surface area contributed by atoms with Crippen molar-refractivity contribution in [2.24, 2.45) is 0 Å². The number of anilines is 1. The van der Waals surface area contributed by atoms with Crippen LogP contribution in [0.5, 0.6) is 0 Å². The molecule has 4 heteroatoms. The summed E-state index contributed by atoms with van der Waals surface area (Å²) in [6.07, 6.45) is 0.301. The molecule has 17 heavy (non-hydrogen) atoms. The quantitative estimate of drug-likeness (QED) is 0.699. The summed E-state index contributed by atoms with van der Waals surface area (Å²) in [6, 6.07) is 9.08. The van der Waals surface area contributed by atoms with Crippen molar-refractivity contribution < 1.29 is 9.90 Å². The van der Waals surface area contributed by atoms with E-state index in [1.54, 1.807) is 13.8 Å². The van der Waals surface area contributed by atoms with Crippen LogP contribution in [0.3, 0.4) is 0 Å². The van der Waals surface area contributed by atoms with Crippen LogP contribution in [-0.4, -0.2) is 29.7 Å². The standard InChI is InChI=1S/C13H20N2O2/c1-10(16)8-9-14-11(2)13(17)15-12-6-4-3-5-7-12/h3-7,10-11,14,16H,8-9H2,1-2H3,(H,15,17). The number of nitrogens with one attached hydrogen (secondary N) is 2. The molecule has 2 unspecified atom stereocenters. The molecule has 0 saturated heterocycles. The predicted octanol–water partition coefficient (Wildman–Crippen LogP) is 1.37. The Hall–Kier alpha value is -1.39. The van der Waals surface area contributed by atoms with Gasteiger partial charge in [0, 0.05) is 5.69 Å². The van der Waals surface area contributed by atoms with Crippen LogP contribution >= 0.6 is 0 Å². The van der Waals surface area contributed by atoms with E-state index in [1.165, 1.54) is 0 Å². The largest absolute Gasteiger partial charge is 0.393 e. The van der Waals surface area contributed by atoms with Gasteiger partial charge in [0.2, 0.25) is 5.91 Å². The van der Waals surface area contributed by atoms with Gasteiger partial charge in [0.25, 0.3) is 0 Å². The molecule has 1 aromatic carbocycles. The van der Waals surface area contributed by atoms with Crippen molar-refractivity contribution in [2.75, 3.05) is 11.9 Å². The minimum Gasteiger partial charge on any atom is -0.393 e. The maximum Gasteiger partial charge on any atom is 0.241 e. The number of para-hydroxylation sites is 1. The predicted molar refractivity (Wildman–Crippen MR) is 68.8 cm³/mol. The van der Waals surface area contributed by atoms with E-state index in [1.807, 2.05) is 30.3 Å². The third kappa shape index (κ3) is 5.47. The van der Waals surface area contributed by atoms with Gasteiger partial charge in [-0.05, 0) is 38.9 Å². The minimum atomic E-state index is -0.341. The summed E-state index contributed by atoms with van der Waals surface area (Å²) in [4.78, 5) is 11.8. The van der Waals surface area contributed by atoms with Gasteiger partial charge in [-0.1, -0.05) is 18.2 Å². The second kappa shape index (κ2) is 7.04. The summed E-state index contributed by atoms with van der Waals surface area (Å²) in [5.41, 5.74) is 0.793. The maximum atomic E-state index is 11.8. The fraction of sp³-hybridized carbons (Fsp3) is 0.462. The van der Waals surface area contributed by atoms with Gasteiger partial charge in [-0.25, -0.2) is 0 Å². The van der Waals surface area contributed by atoms with Crippen LogP contribution in [0.4, 0.5) is 5.69 Å². The third-order valence-electron chi connectivity index (χ3n) is 2.45. The zero-order valence-electron chi connectivity index (χ0n) is 10.3. The first-order chi connectivity index (χ1) is 8.09. The lowest BCUT2D eigenvalue weighted by atomic mass is 10.2. The normalized spacial score (nSPS) is 14.1. The highest BCUT2D eigenvalue weighted by molar-refractivity contribution is 5.94. The van der Waals surface area contributed by atoms with Crippen molar-refractivity contribution in [1.82, 2.24) is 5.32 Å². The van der Waals surface area contributed by atoms with E-state index in [9.17, 15) is 4.79 Å². The highest BCUT2D eigenvalue weighted by Crippen LogP contribution is 2.05. The number of rotatable bonds is 6. The van der Waals surface area contributed by atoms with Gasteiger partial charge in [-0.15, -0.1) is 0 Å². The van der Waals surface area contributed by atoms with Crippen LogP contribution < -0.4 is 10.6 Å². The van der Waals surface area contributed by atoms with Crippen molar-refractivity contribution in [2.45, 2.75) is 32.4 Å². The lowest BCUT2D eigenvalue weighted by molar-refractivity contribution is -0.117. The number of hydrogen-bond donors (Lipinski definition) is 3. The van der Waals surface area contributed by atoms with Gasteiger partial charge < -0.3 is 15.7 Å². The summed E-state index contributed by atoms with van der Waals surface area (Å²) in [5.74, 6) is -0.0678. The van der Waals surface area contributed by atoms with Gasteiger partial charge in [-0.2, -0.15) is 0 Å². The lowest BCUT2D eigenvalue weighted by Crippen LogP contribution is -2.39. The molecule has 0 aliphatic heterocycles. The molecule has 0 aromatic heterocycles. The second-order valence-corrected chi connectivity index (χ2v) is 4.17. The molecular formula is C13H20N2O2. The van der Waals surface area contributed by atoms with Gasteiger partial charge in [0.15, 0.2) is 0 Å². The van der Waals surface area contributed by atoms with E-state index in [0.717, 1.165) is 5.69 Å². The lowest BCUT2D eigenvalue weighted by Gasteiger charge is -2.14. The van der Waals surface area contributed by atoms with E-state index in [0.29, 0.717) is 13.0 Å². The summed E-state index contributed by atoms with van der Waals surface area (Å²) in [5, 5.41) is 15.0. The van der Waals surface area contributed by atoms with E-state index in [4.69, 9.17) is 5.11 Å². The van der Waals surface area contributed by atoms with Crippen molar-refractivity contribution in [3.63, 3.8) is 0 Å². The summed E-state index contributed by atoms with van der Waals surface area (Å²) >= 11 is 0. The third-order valence-corrected chi connectivity index (χ3v) is 2.45. The molecule has 4 nitrogen and oxygen atoms in total. The molecular weight excluding hydrogens is 216 g/mol. The number of benzene rings is 1. The van der Waals surface area contributed by atoms with Crippen molar-refractivity contribution in [1.29, 1.82) is 0 Å². The highest BCUT2D eigenvalue weighted by Gasteiger charge is 2.11.